The number of aryl methyl sites for hydroxylation is 1. The fourth-order valence-electron chi connectivity index (χ4n) is 1.90. The Morgan fingerprint density at radius 3 is 2.85 bits per heavy atom. The Labute approximate surface area is 129 Å². The van der Waals surface area contributed by atoms with E-state index in [0.29, 0.717) is 32.0 Å². The van der Waals surface area contributed by atoms with Crippen molar-refractivity contribution in [3.8, 4) is 17.3 Å². The second-order valence-corrected chi connectivity index (χ2v) is 5.97. The molecule has 0 saturated carbocycles. The zero-order valence-corrected chi connectivity index (χ0v) is 12.7. The highest BCUT2D eigenvalue weighted by atomic mass is 35.5. The van der Waals surface area contributed by atoms with Crippen LogP contribution in [0.1, 0.15) is 17.6 Å². The maximum absolute atomic E-state index is 9.38. The average Bonchev–Trinajstić information content (AvgIpc) is 2.95. The van der Waals surface area contributed by atoms with Gasteiger partial charge in [-0.2, -0.15) is 14.9 Å². The number of imidazole rings is 1. The first kappa shape index (κ1) is 13.4. The van der Waals surface area contributed by atoms with Gasteiger partial charge in [0.15, 0.2) is 5.69 Å². The highest BCUT2D eigenvalue weighted by Gasteiger charge is 2.19. The van der Waals surface area contributed by atoms with Crippen LogP contribution in [0.5, 0.6) is 0 Å². The van der Waals surface area contributed by atoms with Crippen molar-refractivity contribution in [2.24, 2.45) is 0 Å². The van der Waals surface area contributed by atoms with Crippen molar-refractivity contribution in [3.05, 3.63) is 38.9 Å². The summed E-state index contributed by atoms with van der Waals surface area (Å²) in [6.07, 6.45) is 0.815. The number of hydrogen-bond acceptors (Lipinski definition) is 4. The SMILES string of the molecule is CCc1nn2c(C#N)c(-c3ccc(Cl)cc3Cl)nc2s1. The molecule has 0 N–H and O–H groups in total. The van der Waals surface area contributed by atoms with Gasteiger partial charge < -0.3 is 0 Å². The molecular formula is C13H8Cl2N4S. The minimum Gasteiger partial charge on any atom is -0.216 e. The number of nitrogens with zero attached hydrogens (tertiary/aromatic N) is 4. The normalized spacial score (nSPS) is 10.9. The van der Waals surface area contributed by atoms with Gasteiger partial charge in [-0.05, 0) is 24.6 Å². The fraction of sp³-hybridized carbons (Fsp3) is 0.154. The van der Waals surface area contributed by atoms with E-state index in [1.54, 1.807) is 22.7 Å². The molecule has 4 nitrogen and oxygen atoms in total. The molecule has 0 spiro atoms. The molecule has 100 valence electrons. The summed E-state index contributed by atoms with van der Waals surface area (Å²) in [6, 6.07) is 7.27. The molecule has 3 rings (SSSR count). The van der Waals surface area contributed by atoms with E-state index in [0.717, 1.165) is 11.4 Å². The van der Waals surface area contributed by atoms with E-state index in [9.17, 15) is 5.26 Å². The van der Waals surface area contributed by atoms with Crippen LogP contribution in [0, 0.1) is 11.3 Å². The van der Waals surface area contributed by atoms with Crippen LogP contribution in [0.4, 0.5) is 0 Å². The van der Waals surface area contributed by atoms with Gasteiger partial charge in [-0.1, -0.05) is 41.5 Å². The summed E-state index contributed by atoms with van der Waals surface area (Å²) in [5.74, 6) is 0. The number of nitriles is 1. The summed E-state index contributed by atoms with van der Waals surface area (Å²) in [5.41, 5.74) is 1.61. The van der Waals surface area contributed by atoms with E-state index in [1.807, 2.05) is 6.92 Å². The molecule has 1 aromatic carbocycles. The van der Waals surface area contributed by atoms with Crippen LogP contribution < -0.4 is 0 Å². The van der Waals surface area contributed by atoms with Crippen LogP contribution in [0.15, 0.2) is 18.2 Å². The van der Waals surface area contributed by atoms with Crippen molar-refractivity contribution in [1.82, 2.24) is 14.6 Å². The predicted octanol–water partition coefficient (Wildman–Crippen LogP) is 4.20. The molecule has 0 bridgehead atoms. The third-order valence-electron chi connectivity index (χ3n) is 2.84. The Balaban J connectivity index is 2.26. The monoisotopic (exact) mass is 322 g/mol. The number of benzene rings is 1. The lowest BCUT2D eigenvalue weighted by molar-refractivity contribution is 0.899. The molecule has 0 saturated heterocycles. The molecule has 0 unspecified atom stereocenters. The van der Waals surface area contributed by atoms with Crippen molar-refractivity contribution < 1.29 is 0 Å². The first-order valence-corrected chi connectivity index (χ1v) is 7.45. The number of fused-ring (bicyclic) bond motifs is 1. The summed E-state index contributed by atoms with van der Waals surface area (Å²) >= 11 is 13.5. The van der Waals surface area contributed by atoms with E-state index in [4.69, 9.17) is 23.2 Å². The minimum atomic E-state index is 0.389. The van der Waals surface area contributed by atoms with Crippen molar-refractivity contribution in [2.75, 3.05) is 0 Å². The van der Waals surface area contributed by atoms with Gasteiger partial charge in [-0.15, -0.1) is 0 Å². The third-order valence-corrected chi connectivity index (χ3v) is 4.44. The Bertz CT molecular complexity index is 844. The molecular weight excluding hydrogens is 315 g/mol. The summed E-state index contributed by atoms with van der Waals surface area (Å²) in [5, 5.41) is 15.7. The lowest BCUT2D eigenvalue weighted by atomic mass is 10.1. The number of aromatic nitrogens is 3. The van der Waals surface area contributed by atoms with E-state index >= 15 is 0 Å². The zero-order chi connectivity index (χ0) is 14.3. The highest BCUT2D eigenvalue weighted by molar-refractivity contribution is 7.16. The minimum absolute atomic E-state index is 0.389. The van der Waals surface area contributed by atoms with Crippen LogP contribution in [0.3, 0.4) is 0 Å². The van der Waals surface area contributed by atoms with Crippen LogP contribution >= 0.6 is 34.5 Å². The lowest BCUT2D eigenvalue weighted by Crippen LogP contribution is -1.92. The molecule has 20 heavy (non-hydrogen) atoms. The van der Waals surface area contributed by atoms with Gasteiger partial charge in [-0.25, -0.2) is 4.98 Å². The molecule has 0 atom stereocenters. The molecule has 0 aliphatic rings. The summed E-state index contributed by atoms with van der Waals surface area (Å²) in [4.78, 5) is 5.18. The van der Waals surface area contributed by atoms with Gasteiger partial charge in [-0.3, -0.25) is 0 Å². The van der Waals surface area contributed by atoms with Gasteiger partial charge in [0, 0.05) is 10.6 Å². The van der Waals surface area contributed by atoms with Crippen LogP contribution in [-0.4, -0.2) is 14.6 Å². The molecule has 0 radical (unpaired) electrons. The smallest absolute Gasteiger partial charge is 0.214 e. The lowest BCUT2D eigenvalue weighted by Gasteiger charge is -2.01. The number of halogens is 2. The molecule has 3 aromatic rings. The number of rotatable bonds is 2. The van der Waals surface area contributed by atoms with Crippen LogP contribution in [0.25, 0.3) is 16.2 Å². The standard InChI is InChI=1S/C13H8Cl2N4S/c1-2-11-18-19-10(6-16)12(17-13(19)20-11)8-4-3-7(14)5-9(8)15/h3-5H,2H2,1H3. The van der Waals surface area contributed by atoms with Crippen LogP contribution in [0.2, 0.25) is 10.0 Å². The number of hydrogen-bond donors (Lipinski definition) is 0. The second kappa shape index (κ2) is 5.06. The van der Waals surface area contributed by atoms with E-state index in [2.05, 4.69) is 16.2 Å². The van der Waals surface area contributed by atoms with E-state index in [1.165, 1.54) is 11.3 Å². The summed E-state index contributed by atoms with van der Waals surface area (Å²) in [7, 11) is 0. The molecule has 0 aliphatic carbocycles. The average molecular weight is 323 g/mol. The first-order chi connectivity index (χ1) is 9.63. The van der Waals surface area contributed by atoms with Crippen molar-refractivity contribution in [2.45, 2.75) is 13.3 Å². The maximum Gasteiger partial charge on any atom is 0.214 e. The zero-order valence-electron chi connectivity index (χ0n) is 10.4. The second-order valence-electron chi connectivity index (χ2n) is 4.09. The molecule has 0 amide bonds. The molecule has 0 aliphatic heterocycles. The van der Waals surface area contributed by atoms with Gasteiger partial charge in [0.1, 0.15) is 16.8 Å². The van der Waals surface area contributed by atoms with Crippen LogP contribution in [-0.2, 0) is 6.42 Å². The Hall–Kier alpha value is -1.61. The Morgan fingerprint density at radius 1 is 1.40 bits per heavy atom. The third kappa shape index (κ3) is 2.06. The van der Waals surface area contributed by atoms with E-state index < -0.39 is 0 Å². The molecule has 2 heterocycles. The van der Waals surface area contributed by atoms with Gasteiger partial charge >= 0.3 is 0 Å². The van der Waals surface area contributed by atoms with Gasteiger partial charge in [0.05, 0.1) is 5.02 Å². The van der Waals surface area contributed by atoms with Crippen molar-refractivity contribution in [1.29, 1.82) is 5.26 Å². The van der Waals surface area contributed by atoms with E-state index in [-0.39, 0.29) is 0 Å². The van der Waals surface area contributed by atoms with Gasteiger partial charge in [0.25, 0.3) is 0 Å². The fourth-order valence-corrected chi connectivity index (χ4v) is 3.23. The van der Waals surface area contributed by atoms with Gasteiger partial charge in [0.2, 0.25) is 4.96 Å². The highest BCUT2D eigenvalue weighted by Crippen LogP contribution is 2.33. The summed E-state index contributed by atoms with van der Waals surface area (Å²) < 4.78 is 1.57. The predicted molar refractivity (Wildman–Crippen MR) is 80.4 cm³/mol. The summed E-state index contributed by atoms with van der Waals surface area (Å²) in [6.45, 7) is 2.02. The Morgan fingerprint density at radius 2 is 2.20 bits per heavy atom. The largest absolute Gasteiger partial charge is 0.216 e. The Kier molecular flexibility index (Phi) is 3.38. The molecule has 7 heteroatoms. The first-order valence-electron chi connectivity index (χ1n) is 5.88. The molecule has 2 aromatic heterocycles. The molecule has 0 fully saturated rings. The quantitative estimate of drug-likeness (QED) is 0.710. The maximum atomic E-state index is 9.38. The topological polar surface area (TPSA) is 54.0 Å². The van der Waals surface area contributed by atoms with Crippen molar-refractivity contribution in [3.63, 3.8) is 0 Å². The van der Waals surface area contributed by atoms with Crippen molar-refractivity contribution >= 4 is 39.5 Å².